The summed E-state index contributed by atoms with van der Waals surface area (Å²) in [6.07, 6.45) is 8.02. The second kappa shape index (κ2) is 9.40. The summed E-state index contributed by atoms with van der Waals surface area (Å²) in [5, 5.41) is 8.69. The monoisotopic (exact) mass is 414 g/mol. The second-order valence-electron chi connectivity index (χ2n) is 9.45. The van der Waals surface area contributed by atoms with Crippen LogP contribution in [-0.4, -0.2) is 34.5 Å². The molecule has 2 unspecified atom stereocenters. The Balaban J connectivity index is 1.56. The Bertz CT molecular complexity index is 589. The Hall–Kier alpha value is -1.04. The van der Waals surface area contributed by atoms with Crippen LogP contribution in [0.5, 0.6) is 0 Å². The minimum Gasteiger partial charge on any atom is -0.481 e. The van der Waals surface area contributed by atoms with Crippen molar-refractivity contribution in [3.63, 3.8) is 0 Å². The Morgan fingerprint density at radius 1 is 1.17 bits per heavy atom. The number of carboxylic acid groups (broad SMARTS) is 1. The number of Topliss-reactive ketones (excluding diaryl/α,β-unsaturated/α-hetero) is 1. The first kappa shape index (κ1) is 22.6. The van der Waals surface area contributed by atoms with Crippen LogP contribution < -0.4 is 0 Å². The molecule has 0 aromatic heterocycles. The minimum atomic E-state index is -2.82. The summed E-state index contributed by atoms with van der Waals surface area (Å²) in [7, 11) is 0. The van der Waals surface area contributed by atoms with Gasteiger partial charge >= 0.3 is 5.97 Å². The van der Waals surface area contributed by atoms with Crippen LogP contribution in [0.1, 0.15) is 96.8 Å². The zero-order valence-electron chi connectivity index (χ0n) is 17.6. The average molecular weight is 415 g/mol. The van der Waals surface area contributed by atoms with Crippen LogP contribution in [0.3, 0.4) is 0 Å². The first-order valence-electron chi connectivity index (χ1n) is 11.6. The van der Waals surface area contributed by atoms with Crippen molar-refractivity contribution < 1.29 is 28.2 Å². The van der Waals surface area contributed by atoms with Crippen LogP contribution in [0.15, 0.2) is 0 Å². The van der Waals surface area contributed by atoms with E-state index in [2.05, 4.69) is 0 Å². The molecule has 29 heavy (non-hydrogen) atoms. The van der Waals surface area contributed by atoms with Gasteiger partial charge in [0.1, 0.15) is 11.4 Å². The van der Waals surface area contributed by atoms with E-state index in [1.165, 1.54) is 0 Å². The SMILES string of the molecule is CCCCC(F)(F)C1(C2CC2)CC[C@H]2C(CC(=O)[C@@H]2CCCCCCC(=O)O)O1. The molecule has 166 valence electrons. The van der Waals surface area contributed by atoms with Crippen molar-refractivity contribution in [1.82, 2.24) is 0 Å². The van der Waals surface area contributed by atoms with E-state index in [1.807, 2.05) is 6.92 Å². The molecule has 6 heteroatoms. The number of hydrogen-bond acceptors (Lipinski definition) is 3. The molecule has 0 bridgehead atoms. The molecule has 1 heterocycles. The van der Waals surface area contributed by atoms with E-state index in [-0.39, 0.29) is 48.9 Å². The van der Waals surface area contributed by atoms with Crippen LogP contribution in [0.25, 0.3) is 0 Å². The molecule has 0 aromatic carbocycles. The van der Waals surface area contributed by atoms with Gasteiger partial charge in [0.15, 0.2) is 0 Å². The molecular weight excluding hydrogens is 378 g/mol. The number of aliphatic carboxylic acids is 1. The highest BCUT2D eigenvalue weighted by molar-refractivity contribution is 5.84. The van der Waals surface area contributed by atoms with Gasteiger partial charge in [-0.25, -0.2) is 8.78 Å². The first-order chi connectivity index (χ1) is 13.8. The summed E-state index contributed by atoms with van der Waals surface area (Å²) in [4.78, 5) is 23.2. The molecule has 2 saturated carbocycles. The van der Waals surface area contributed by atoms with Gasteiger partial charge in [0, 0.05) is 25.2 Å². The third-order valence-electron chi connectivity index (χ3n) is 7.38. The Labute approximate surface area is 172 Å². The van der Waals surface area contributed by atoms with E-state index in [4.69, 9.17) is 9.84 Å². The van der Waals surface area contributed by atoms with E-state index in [0.29, 0.717) is 25.7 Å². The molecule has 0 amide bonds. The van der Waals surface area contributed by atoms with Crippen molar-refractivity contribution in [2.45, 2.75) is 114 Å². The molecule has 3 aliphatic rings. The fourth-order valence-electron chi connectivity index (χ4n) is 5.62. The molecule has 1 N–H and O–H groups in total. The summed E-state index contributed by atoms with van der Waals surface area (Å²) < 4.78 is 36.7. The van der Waals surface area contributed by atoms with Crippen LogP contribution in [0, 0.1) is 17.8 Å². The van der Waals surface area contributed by atoms with E-state index in [9.17, 15) is 9.59 Å². The van der Waals surface area contributed by atoms with E-state index in [0.717, 1.165) is 44.9 Å². The number of alkyl halides is 2. The van der Waals surface area contributed by atoms with Crippen LogP contribution in [0.2, 0.25) is 0 Å². The van der Waals surface area contributed by atoms with Gasteiger partial charge in [0.25, 0.3) is 5.92 Å². The molecule has 2 aliphatic carbocycles. The molecule has 3 rings (SSSR count). The second-order valence-corrected chi connectivity index (χ2v) is 9.45. The number of halogens is 2. The predicted octanol–water partition coefficient (Wildman–Crippen LogP) is 5.77. The van der Waals surface area contributed by atoms with Gasteiger partial charge in [-0.2, -0.15) is 0 Å². The van der Waals surface area contributed by atoms with Gasteiger partial charge in [0.2, 0.25) is 0 Å². The van der Waals surface area contributed by atoms with Crippen molar-refractivity contribution in [2.75, 3.05) is 0 Å². The quantitative estimate of drug-likeness (QED) is 0.412. The fraction of sp³-hybridized carbons (Fsp3) is 0.913. The highest BCUT2D eigenvalue weighted by Gasteiger charge is 2.65. The summed E-state index contributed by atoms with van der Waals surface area (Å²) in [6, 6.07) is 0. The van der Waals surface area contributed by atoms with Crippen molar-refractivity contribution in [3.05, 3.63) is 0 Å². The van der Waals surface area contributed by atoms with Crippen LogP contribution >= 0.6 is 0 Å². The topological polar surface area (TPSA) is 63.6 Å². The molecule has 0 aromatic rings. The number of carbonyl (C=O) groups excluding carboxylic acids is 1. The van der Waals surface area contributed by atoms with Gasteiger partial charge in [0.05, 0.1) is 6.10 Å². The van der Waals surface area contributed by atoms with Crippen LogP contribution in [0.4, 0.5) is 8.78 Å². The molecule has 4 nitrogen and oxygen atoms in total. The lowest BCUT2D eigenvalue weighted by atomic mass is 9.74. The smallest absolute Gasteiger partial charge is 0.303 e. The van der Waals surface area contributed by atoms with E-state index in [1.54, 1.807) is 0 Å². The summed E-state index contributed by atoms with van der Waals surface area (Å²) in [6.45, 7) is 1.93. The molecule has 1 aliphatic heterocycles. The lowest BCUT2D eigenvalue weighted by Crippen LogP contribution is -2.57. The summed E-state index contributed by atoms with van der Waals surface area (Å²) in [5.41, 5.74) is -1.35. The molecule has 1 saturated heterocycles. The zero-order valence-corrected chi connectivity index (χ0v) is 17.6. The largest absolute Gasteiger partial charge is 0.481 e. The molecule has 4 atom stereocenters. The number of unbranched alkanes of at least 4 members (excludes halogenated alkanes) is 4. The van der Waals surface area contributed by atoms with Gasteiger partial charge in [-0.15, -0.1) is 0 Å². The zero-order chi connectivity index (χ0) is 21.1. The van der Waals surface area contributed by atoms with Gasteiger partial charge in [-0.05, 0) is 56.8 Å². The number of rotatable bonds is 12. The lowest BCUT2D eigenvalue weighted by Gasteiger charge is -2.48. The Morgan fingerprint density at radius 2 is 1.90 bits per heavy atom. The Kier molecular flexibility index (Phi) is 7.34. The summed E-state index contributed by atoms with van der Waals surface area (Å²) >= 11 is 0. The van der Waals surface area contributed by atoms with Gasteiger partial charge in [-0.3, -0.25) is 9.59 Å². The van der Waals surface area contributed by atoms with E-state index < -0.39 is 17.5 Å². The van der Waals surface area contributed by atoms with Gasteiger partial charge in [-0.1, -0.05) is 32.6 Å². The first-order valence-corrected chi connectivity index (χ1v) is 11.6. The molecule has 3 fully saturated rings. The lowest BCUT2D eigenvalue weighted by molar-refractivity contribution is -0.270. The van der Waals surface area contributed by atoms with Gasteiger partial charge < -0.3 is 9.84 Å². The van der Waals surface area contributed by atoms with Crippen molar-refractivity contribution in [1.29, 1.82) is 0 Å². The minimum absolute atomic E-state index is 0.0568. The Morgan fingerprint density at radius 3 is 2.55 bits per heavy atom. The highest BCUT2D eigenvalue weighted by atomic mass is 19.3. The number of carbonyl (C=O) groups is 2. The van der Waals surface area contributed by atoms with E-state index >= 15 is 8.78 Å². The average Bonchev–Trinajstić information content (AvgIpc) is 3.47. The normalized spacial score (nSPS) is 32.4. The fourth-order valence-corrected chi connectivity index (χ4v) is 5.62. The summed E-state index contributed by atoms with van der Waals surface area (Å²) in [5.74, 6) is -3.46. The number of hydrogen-bond donors (Lipinski definition) is 1. The number of fused-ring (bicyclic) bond motifs is 1. The number of ether oxygens (including phenoxy) is 1. The maximum atomic E-state index is 15.2. The van der Waals surface area contributed by atoms with Crippen molar-refractivity contribution in [3.8, 4) is 0 Å². The number of ketones is 1. The van der Waals surface area contributed by atoms with Crippen molar-refractivity contribution in [2.24, 2.45) is 17.8 Å². The molecular formula is C23H36F2O4. The third-order valence-corrected chi connectivity index (χ3v) is 7.38. The van der Waals surface area contributed by atoms with Crippen LogP contribution in [-0.2, 0) is 14.3 Å². The molecule has 0 spiro atoms. The number of carboxylic acids is 1. The highest BCUT2D eigenvalue weighted by Crippen LogP contribution is 2.59. The maximum Gasteiger partial charge on any atom is 0.303 e. The predicted molar refractivity (Wildman–Crippen MR) is 106 cm³/mol. The third kappa shape index (κ3) is 5.00. The standard InChI is InChI=1S/C23H36F2O4/c1-2-3-13-23(24,25)22(16-10-11-16)14-12-18-17(19(26)15-20(18)29-22)8-6-4-5-7-9-21(27)28/h16-18,20H,2-15H2,1H3,(H,27,28)/t17-,18-,20?,22?/m1/s1. The van der Waals surface area contributed by atoms with Crippen molar-refractivity contribution >= 4 is 11.8 Å². The molecule has 0 radical (unpaired) electrons. The maximum absolute atomic E-state index is 15.2.